The molecule has 0 atom stereocenters. The lowest BCUT2D eigenvalue weighted by Gasteiger charge is -2.15. The van der Waals surface area contributed by atoms with E-state index in [1.54, 1.807) is 0 Å². The Hall–Kier alpha value is -6.64. The molecule has 2 aromatic heterocycles. The van der Waals surface area contributed by atoms with E-state index in [0.29, 0.717) is 0 Å². The van der Waals surface area contributed by atoms with Crippen molar-refractivity contribution in [3.63, 3.8) is 0 Å². The molecule has 0 spiro atoms. The van der Waals surface area contributed by atoms with Gasteiger partial charge in [0.1, 0.15) is 0 Å². The van der Waals surface area contributed by atoms with Crippen LogP contribution in [0, 0.1) is 0 Å². The van der Waals surface area contributed by atoms with Gasteiger partial charge in [-0.3, -0.25) is 0 Å². The molecule has 0 saturated heterocycles. The first kappa shape index (κ1) is 28.4. The van der Waals surface area contributed by atoms with Gasteiger partial charge in [0.05, 0.1) is 27.8 Å². The van der Waals surface area contributed by atoms with Crippen LogP contribution >= 0.6 is 0 Å². The zero-order chi connectivity index (χ0) is 33.0. The molecule has 0 saturated carbocycles. The molecule has 0 unspecified atom stereocenters. The van der Waals surface area contributed by atoms with Gasteiger partial charge >= 0.3 is 0 Å². The largest absolute Gasteiger partial charge is 0.309 e. The van der Waals surface area contributed by atoms with Gasteiger partial charge in [0.2, 0.25) is 0 Å². The van der Waals surface area contributed by atoms with E-state index in [1.165, 1.54) is 88.4 Å². The highest BCUT2D eigenvalue weighted by Crippen LogP contribution is 2.40. The van der Waals surface area contributed by atoms with Crippen LogP contribution in [0.25, 0.3) is 88.4 Å². The predicted molar refractivity (Wildman–Crippen MR) is 211 cm³/mol. The number of hydrogen-bond acceptors (Lipinski definition) is 0. The van der Waals surface area contributed by atoms with Crippen LogP contribution in [-0.2, 0) is 0 Å². The van der Waals surface area contributed by atoms with Crippen LogP contribution in [0.15, 0.2) is 194 Å². The molecule has 0 bridgehead atoms. The minimum atomic E-state index is 1.17. The Morgan fingerprint density at radius 1 is 0.260 bits per heavy atom. The monoisotopic (exact) mass is 636 g/mol. The van der Waals surface area contributed by atoms with Gasteiger partial charge in [-0.25, -0.2) is 0 Å². The molecule has 2 heteroatoms. The average Bonchev–Trinajstić information content (AvgIpc) is 3.71. The van der Waals surface area contributed by atoms with Crippen LogP contribution < -0.4 is 0 Å². The lowest BCUT2D eigenvalue weighted by Crippen LogP contribution is -1.97. The van der Waals surface area contributed by atoms with E-state index in [0.717, 1.165) is 0 Å². The number of hydrogen-bond donors (Lipinski definition) is 0. The zero-order valence-electron chi connectivity index (χ0n) is 27.4. The maximum atomic E-state index is 2.44. The molecule has 2 heterocycles. The van der Waals surface area contributed by atoms with E-state index in [-0.39, 0.29) is 0 Å². The Balaban J connectivity index is 1.13. The molecule has 2 nitrogen and oxygen atoms in total. The number of benzene rings is 8. The summed E-state index contributed by atoms with van der Waals surface area (Å²) in [5, 5.41) is 5.03. The first-order valence-corrected chi connectivity index (χ1v) is 17.2. The second-order valence-electron chi connectivity index (χ2n) is 13.0. The van der Waals surface area contributed by atoms with Crippen molar-refractivity contribution in [2.24, 2.45) is 0 Å². The van der Waals surface area contributed by atoms with Crippen molar-refractivity contribution in [2.75, 3.05) is 0 Å². The molecule has 0 fully saturated rings. The first-order valence-electron chi connectivity index (χ1n) is 17.2. The Morgan fingerprint density at radius 3 is 1.54 bits per heavy atom. The summed E-state index contributed by atoms with van der Waals surface area (Å²) in [5.41, 5.74) is 14.4. The zero-order valence-corrected chi connectivity index (χ0v) is 27.4. The number of aromatic nitrogens is 2. The maximum absolute atomic E-state index is 2.44. The second kappa shape index (κ2) is 11.5. The van der Waals surface area contributed by atoms with Crippen LogP contribution in [0.3, 0.4) is 0 Å². The lowest BCUT2D eigenvalue weighted by atomic mass is 9.99. The highest BCUT2D eigenvalue weighted by atomic mass is 15.0. The van der Waals surface area contributed by atoms with Gasteiger partial charge in [-0.2, -0.15) is 0 Å². The third kappa shape index (κ3) is 4.50. The summed E-state index contributed by atoms with van der Waals surface area (Å²) in [6.45, 7) is 0. The van der Waals surface area contributed by atoms with Crippen LogP contribution in [0.5, 0.6) is 0 Å². The van der Waals surface area contributed by atoms with Gasteiger partial charge in [0, 0.05) is 32.8 Å². The minimum Gasteiger partial charge on any atom is -0.309 e. The number of fused-ring (bicyclic) bond motifs is 6. The molecule has 8 aromatic carbocycles. The lowest BCUT2D eigenvalue weighted by molar-refractivity contribution is 1.18. The summed E-state index contributed by atoms with van der Waals surface area (Å²) < 4.78 is 4.83. The fraction of sp³-hybridized carbons (Fsp3) is 0. The van der Waals surface area contributed by atoms with Crippen molar-refractivity contribution in [1.29, 1.82) is 0 Å². The van der Waals surface area contributed by atoms with E-state index >= 15 is 0 Å². The van der Waals surface area contributed by atoms with Crippen molar-refractivity contribution in [3.8, 4) is 44.8 Å². The van der Waals surface area contributed by atoms with Crippen LogP contribution in [-0.4, -0.2) is 9.13 Å². The van der Waals surface area contributed by atoms with E-state index in [2.05, 4.69) is 203 Å². The Labute approximate surface area is 290 Å². The molecule has 10 aromatic rings. The van der Waals surface area contributed by atoms with Gasteiger partial charge in [-0.15, -0.1) is 0 Å². The number of para-hydroxylation sites is 4. The molecule has 0 aliphatic carbocycles. The summed E-state index contributed by atoms with van der Waals surface area (Å²) in [5.74, 6) is 0. The van der Waals surface area contributed by atoms with E-state index in [4.69, 9.17) is 0 Å². The fourth-order valence-electron chi connectivity index (χ4n) is 7.80. The normalized spacial score (nSPS) is 11.6. The third-order valence-electron chi connectivity index (χ3n) is 10.1. The predicted octanol–water partition coefficient (Wildman–Crippen LogP) is 12.9. The fourth-order valence-corrected chi connectivity index (χ4v) is 7.80. The van der Waals surface area contributed by atoms with Gasteiger partial charge in [0.15, 0.2) is 0 Å². The molecular formula is C48H32N2. The first-order chi connectivity index (χ1) is 24.8. The topological polar surface area (TPSA) is 9.86 Å². The molecule has 0 radical (unpaired) electrons. The third-order valence-corrected chi connectivity index (χ3v) is 10.1. The molecule has 0 N–H and O–H groups in total. The van der Waals surface area contributed by atoms with Gasteiger partial charge in [0.25, 0.3) is 0 Å². The highest BCUT2D eigenvalue weighted by molar-refractivity contribution is 6.12. The number of rotatable bonds is 5. The Morgan fingerprint density at radius 2 is 0.760 bits per heavy atom. The minimum absolute atomic E-state index is 1.17. The quantitative estimate of drug-likeness (QED) is 0.178. The maximum Gasteiger partial charge on any atom is 0.0547 e. The molecule has 10 rings (SSSR count). The smallest absolute Gasteiger partial charge is 0.0547 e. The summed E-state index contributed by atoms with van der Waals surface area (Å²) in [7, 11) is 0. The molecule has 0 aliphatic heterocycles. The summed E-state index contributed by atoms with van der Waals surface area (Å²) in [6, 6.07) is 70.4. The molecule has 0 amide bonds. The van der Waals surface area contributed by atoms with Crippen LogP contribution in [0.4, 0.5) is 0 Å². The Bertz CT molecular complexity index is 2840. The van der Waals surface area contributed by atoms with Gasteiger partial charge in [-0.1, -0.05) is 146 Å². The van der Waals surface area contributed by atoms with Crippen LogP contribution in [0.2, 0.25) is 0 Å². The summed E-state index contributed by atoms with van der Waals surface area (Å²) in [4.78, 5) is 0. The van der Waals surface area contributed by atoms with Gasteiger partial charge < -0.3 is 9.13 Å². The SMILES string of the molecule is c1ccc(-c2ccc(-c3ccccc3-n3c4ccccc4c4cc(-c5ccc6c7ccccc7n(-c7ccccc7)c6c5)ccc43)cc2)cc1. The van der Waals surface area contributed by atoms with Crippen molar-refractivity contribution >= 4 is 43.6 Å². The van der Waals surface area contributed by atoms with Crippen molar-refractivity contribution < 1.29 is 0 Å². The molecule has 0 aliphatic rings. The second-order valence-corrected chi connectivity index (χ2v) is 13.0. The molecule has 50 heavy (non-hydrogen) atoms. The molecular weight excluding hydrogens is 605 g/mol. The van der Waals surface area contributed by atoms with E-state index in [1.807, 2.05) is 0 Å². The highest BCUT2D eigenvalue weighted by Gasteiger charge is 2.17. The standard InChI is InChI=1S/C48H32N2/c1-3-13-33(14-4-1)34-23-25-35(26-24-34)39-17-7-10-20-44(39)50-46-22-12-9-19-41(46)43-31-36(28-30-47(43)50)37-27-29-42-40-18-8-11-21-45(40)49(48(42)32-37)38-15-5-2-6-16-38/h1-32H. The van der Waals surface area contributed by atoms with Gasteiger partial charge in [-0.05, 0) is 76.3 Å². The number of nitrogens with zero attached hydrogens (tertiary/aromatic N) is 2. The summed E-state index contributed by atoms with van der Waals surface area (Å²) in [6.07, 6.45) is 0. The average molecular weight is 637 g/mol. The molecule has 234 valence electrons. The van der Waals surface area contributed by atoms with Crippen molar-refractivity contribution in [3.05, 3.63) is 194 Å². The van der Waals surface area contributed by atoms with Crippen molar-refractivity contribution in [2.45, 2.75) is 0 Å². The van der Waals surface area contributed by atoms with E-state index < -0.39 is 0 Å². The van der Waals surface area contributed by atoms with E-state index in [9.17, 15) is 0 Å². The van der Waals surface area contributed by atoms with Crippen LogP contribution in [0.1, 0.15) is 0 Å². The Kier molecular flexibility index (Phi) is 6.53. The van der Waals surface area contributed by atoms with Crippen molar-refractivity contribution in [1.82, 2.24) is 9.13 Å². The summed E-state index contributed by atoms with van der Waals surface area (Å²) >= 11 is 0.